The van der Waals surface area contributed by atoms with Crippen LogP contribution in [0.4, 0.5) is 5.82 Å². The number of pyridine rings is 1. The fraction of sp³-hybridized carbons (Fsp3) is 0.389. The van der Waals surface area contributed by atoms with E-state index in [0.717, 1.165) is 56.4 Å². The molecule has 2 heterocycles. The largest absolute Gasteiger partial charge is 0.485 e. The summed E-state index contributed by atoms with van der Waals surface area (Å²) < 4.78 is 6.01. The zero-order valence-corrected chi connectivity index (χ0v) is 13.4. The van der Waals surface area contributed by atoms with E-state index in [1.165, 1.54) is 0 Å². The van der Waals surface area contributed by atoms with Gasteiger partial charge in [-0.15, -0.1) is 0 Å². The molecule has 1 aromatic carbocycles. The van der Waals surface area contributed by atoms with E-state index >= 15 is 0 Å². The first kappa shape index (κ1) is 15.8. The van der Waals surface area contributed by atoms with Crippen molar-refractivity contribution in [2.45, 2.75) is 6.61 Å². The molecule has 0 unspecified atom stereocenters. The van der Waals surface area contributed by atoms with Gasteiger partial charge in [-0.1, -0.05) is 30.3 Å². The van der Waals surface area contributed by atoms with Gasteiger partial charge in [-0.05, 0) is 17.7 Å². The first-order valence-electron chi connectivity index (χ1n) is 8.16. The van der Waals surface area contributed by atoms with Crippen LogP contribution in [0, 0.1) is 0 Å². The number of benzene rings is 1. The lowest BCUT2D eigenvalue weighted by Gasteiger charge is -2.35. The van der Waals surface area contributed by atoms with Gasteiger partial charge in [-0.25, -0.2) is 4.98 Å². The standard InChI is InChI=1S/C18H24N4O/c19-8-10-21-11-13-22(14-12-21)18-17(7-4-9-20-18)23-15-16-5-2-1-3-6-16/h1-7,9H,8,10-15,19H2. The molecular formula is C18H24N4O. The normalized spacial score (nSPS) is 15.6. The van der Waals surface area contributed by atoms with Crippen molar-refractivity contribution in [1.29, 1.82) is 0 Å². The molecule has 0 saturated carbocycles. The second kappa shape index (κ2) is 7.94. The third-order valence-electron chi connectivity index (χ3n) is 4.11. The van der Waals surface area contributed by atoms with Crippen LogP contribution in [0.25, 0.3) is 0 Å². The molecule has 2 N–H and O–H groups in total. The molecule has 1 saturated heterocycles. The number of nitrogens with two attached hydrogens (primary N) is 1. The van der Waals surface area contributed by atoms with Crippen LogP contribution in [0.2, 0.25) is 0 Å². The molecule has 0 bridgehead atoms. The number of nitrogens with zero attached hydrogens (tertiary/aromatic N) is 3. The van der Waals surface area contributed by atoms with Gasteiger partial charge in [0.15, 0.2) is 11.6 Å². The van der Waals surface area contributed by atoms with Crippen LogP contribution in [0.15, 0.2) is 48.7 Å². The zero-order valence-electron chi connectivity index (χ0n) is 13.4. The van der Waals surface area contributed by atoms with E-state index < -0.39 is 0 Å². The maximum Gasteiger partial charge on any atom is 0.171 e. The summed E-state index contributed by atoms with van der Waals surface area (Å²) in [5.74, 6) is 1.79. The number of aromatic nitrogens is 1. The van der Waals surface area contributed by atoms with Crippen molar-refractivity contribution in [1.82, 2.24) is 9.88 Å². The monoisotopic (exact) mass is 312 g/mol. The first-order valence-corrected chi connectivity index (χ1v) is 8.16. The molecule has 5 nitrogen and oxygen atoms in total. The maximum atomic E-state index is 6.01. The van der Waals surface area contributed by atoms with Crippen molar-refractivity contribution in [3.63, 3.8) is 0 Å². The molecule has 0 atom stereocenters. The molecule has 2 aromatic rings. The first-order chi connectivity index (χ1) is 11.4. The molecule has 1 aliphatic heterocycles. The van der Waals surface area contributed by atoms with E-state index in [2.05, 4.69) is 26.9 Å². The molecule has 1 aliphatic rings. The minimum Gasteiger partial charge on any atom is -0.485 e. The van der Waals surface area contributed by atoms with Crippen LogP contribution in [0.5, 0.6) is 5.75 Å². The summed E-state index contributed by atoms with van der Waals surface area (Å²) in [4.78, 5) is 9.24. The van der Waals surface area contributed by atoms with Gasteiger partial charge in [0, 0.05) is 45.5 Å². The predicted octanol–water partition coefficient (Wildman–Crippen LogP) is 1.74. The van der Waals surface area contributed by atoms with Crippen molar-refractivity contribution >= 4 is 5.82 Å². The number of anilines is 1. The van der Waals surface area contributed by atoms with Gasteiger partial charge >= 0.3 is 0 Å². The van der Waals surface area contributed by atoms with Gasteiger partial charge < -0.3 is 15.4 Å². The summed E-state index contributed by atoms with van der Waals surface area (Å²) in [5, 5.41) is 0. The van der Waals surface area contributed by atoms with E-state index in [1.807, 2.05) is 36.5 Å². The summed E-state index contributed by atoms with van der Waals surface area (Å²) >= 11 is 0. The molecule has 0 aliphatic carbocycles. The lowest BCUT2D eigenvalue weighted by molar-refractivity contribution is 0.261. The maximum absolute atomic E-state index is 6.01. The zero-order chi connectivity index (χ0) is 15.9. The molecule has 5 heteroatoms. The Morgan fingerprint density at radius 1 is 1.00 bits per heavy atom. The van der Waals surface area contributed by atoms with Gasteiger partial charge in [0.1, 0.15) is 6.61 Å². The fourth-order valence-corrected chi connectivity index (χ4v) is 2.83. The van der Waals surface area contributed by atoms with Gasteiger partial charge in [0.2, 0.25) is 0 Å². The van der Waals surface area contributed by atoms with Crippen molar-refractivity contribution in [2.24, 2.45) is 5.73 Å². The van der Waals surface area contributed by atoms with Gasteiger partial charge in [0.25, 0.3) is 0 Å². The summed E-state index contributed by atoms with van der Waals surface area (Å²) in [7, 11) is 0. The Morgan fingerprint density at radius 3 is 2.52 bits per heavy atom. The number of hydrogen-bond donors (Lipinski definition) is 1. The van der Waals surface area contributed by atoms with E-state index in [9.17, 15) is 0 Å². The highest BCUT2D eigenvalue weighted by atomic mass is 16.5. The Labute approximate surface area is 137 Å². The third-order valence-corrected chi connectivity index (χ3v) is 4.11. The minimum absolute atomic E-state index is 0.562. The van der Waals surface area contributed by atoms with Gasteiger partial charge in [0.05, 0.1) is 0 Å². The molecule has 122 valence electrons. The Morgan fingerprint density at radius 2 is 1.78 bits per heavy atom. The van der Waals surface area contributed by atoms with Crippen LogP contribution in [-0.4, -0.2) is 49.2 Å². The van der Waals surface area contributed by atoms with Gasteiger partial charge in [-0.2, -0.15) is 0 Å². The topological polar surface area (TPSA) is 54.6 Å². The van der Waals surface area contributed by atoms with E-state index in [0.29, 0.717) is 6.61 Å². The number of rotatable bonds is 6. The Hall–Kier alpha value is -2.11. The highest BCUT2D eigenvalue weighted by molar-refractivity contribution is 5.52. The summed E-state index contributed by atoms with van der Waals surface area (Å²) in [6, 6.07) is 14.1. The SMILES string of the molecule is NCCN1CCN(c2ncccc2OCc2ccccc2)CC1. The van der Waals surface area contributed by atoms with E-state index in [1.54, 1.807) is 0 Å². The summed E-state index contributed by atoms with van der Waals surface area (Å²) in [5.41, 5.74) is 6.80. The Kier molecular flexibility index (Phi) is 5.45. The summed E-state index contributed by atoms with van der Waals surface area (Å²) in [6.07, 6.45) is 1.83. The van der Waals surface area contributed by atoms with Crippen LogP contribution in [0.1, 0.15) is 5.56 Å². The molecule has 1 fully saturated rings. The summed E-state index contributed by atoms with van der Waals surface area (Å²) in [6.45, 7) is 6.20. The highest BCUT2D eigenvalue weighted by Crippen LogP contribution is 2.27. The molecule has 0 amide bonds. The average molecular weight is 312 g/mol. The van der Waals surface area contributed by atoms with Crippen molar-refractivity contribution in [3.05, 3.63) is 54.2 Å². The molecular weight excluding hydrogens is 288 g/mol. The molecule has 1 aromatic heterocycles. The second-order valence-electron chi connectivity index (χ2n) is 5.72. The van der Waals surface area contributed by atoms with Gasteiger partial charge in [-0.3, -0.25) is 4.90 Å². The molecule has 23 heavy (non-hydrogen) atoms. The predicted molar refractivity (Wildman–Crippen MR) is 92.7 cm³/mol. The van der Waals surface area contributed by atoms with Crippen LogP contribution in [-0.2, 0) is 6.61 Å². The fourth-order valence-electron chi connectivity index (χ4n) is 2.83. The van der Waals surface area contributed by atoms with E-state index in [-0.39, 0.29) is 0 Å². The molecule has 0 radical (unpaired) electrons. The minimum atomic E-state index is 0.562. The van der Waals surface area contributed by atoms with Crippen LogP contribution in [0.3, 0.4) is 0 Å². The quantitative estimate of drug-likeness (QED) is 0.880. The lowest BCUT2D eigenvalue weighted by Crippen LogP contribution is -2.48. The average Bonchev–Trinajstić information content (AvgIpc) is 2.62. The molecule has 3 rings (SSSR count). The van der Waals surface area contributed by atoms with Crippen LogP contribution < -0.4 is 15.4 Å². The highest BCUT2D eigenvalue weighted by Gasteiger charge is 2.20. The number of hydrogen-bond acceptors (Lipinski definition) is 5. The smallest absolute Gasteiger partial charge is 0.171 e. The number of ether oxygens (including phenoxy) is 1. The second-order valence-corrected chi connectivity index (χ2v) is 5.72. The Balaban J connectivity index is 1.64. The van der Waals surface area contributed by atoms with Crippen LogP contribution >= 0.6 is 0 Å². The third kappa shape index (κ3) is 4.21. The van der Waals surface area contributed by atoms with Crippen molar-refractivity contribution in [2.75, 3.05) is 44.2 Å². The van der Waals surface area contributed by atoms with Crippen molar-refractivity contribution < 1.29 is 4.74 Å². The lowest BCUT2D eigenvalue weighted by atomic mass is 10.2. The number of piperazine rings is 1. The Bertz CT molecular complexity index is 597. The van der Waals surface area contributed by atoms with E-state index in [4.69, 9.17) is 10.5 Å². The van der Waals surface area contributed by atoms with Crippen molar-refractivity contribution in [3.8, 4) is 5.75 Å². The molecule has 0 spiro atoms.